The lowest BCUT2D eigenvalue weighted by Crippen LogP contribution is -2.05. The van der Waals surface area contributed by atoms with E-state index in [9.17, 15) is 25.0 Å². The normalized spacial score (nSPS) is 11.4. The maximum Gasteiger partial charge on any atom is 0.427 e. The number of aromatic hydroxyl groups is 2. The van der Waals surface area contributed by atoms with Crippen molar-refractivity contribution in [2.45, 2.75) is 27.1 Å². The van der Waals surface area contributed by atoms with Gasteiger partial charge in [0.1, 0.15) is 11.5 Å². The summed E-state index contributed by atoms with van der Waals surface area (Å²) in [6, 6.07) is 0. The van der Waals surface area contributed by atoms with Gasteiger partial charge in [-0.15, -0.1) is 0 Å². The number of pyridine rings is 2. The second kappa shape index (κ2) is 7.26. The highest BCUT2D eigenvalue weighted by Gasteiger charge is 2.26. The molecule has 136 valence electrons. The summed E-state index contributed by atoms with van der Waals surface area (Å²) < 4.78 is 23.2. The first-order valence-corrected chi connectivity index (χ1v) is 9.22. The lowest BCUT2D eigenvalue weighted by molar-refractivity contribution is 0.267. The zero-order valence-electron chi connectivity index (χ0n) is 13.9. The highest BCUT2D eigenvalue weighted by atomic mass is 31.2. The molecule has 25 heavy (non-hydrogen) atoms. The molecule has 2 aromatic rings. The number of nitrogens with zero attached hydrogens (tertiary/aromatic N) is 2. The van der Waals surface area contributed by atoms with Crippen LogP contribution in [0.2, 0.25) is 0 Å². The molecule has 0 radical (unpaired) electrons. The molecule has 2 aromatic heterocycles. The Morgan fingerprint density at radius 2 is 1.28 bits per heavy atom. The van der Waals surface area contributed by atoms with Gasteiger partial charge in [0.25, 0.3) is 0 Å². The third kappa shape index (κ3) is 4.01. The van der Waals surface area contributed by atoms with Crippen LogP contribution < -0.4 is 9.05 Å². The number of hydrogen-bond donors (Lipinski definition) is 4. The van der Waals surface area contributed by atoms with Gasteiger partial charge in [0.15, 0.2) is 11.5 Å². The van der Waals surface area contributed by atoms with Crippen molar-refractivity contribution in [1.29, 1.82) is 0 Å². The molecule has 0 saturated carbocycles. The molecule has 0 aliphatic carbocycles. The van der Waals surface area contributed by atoms with Crippen LogP contribution in [0.3, 0.4) is 0 Å². The first-order chi connectivity index (χ1) is 11.7. The van der Waals surface area contributed by atoms with E-state index < -0.39 is 20.8 Å². The number of rotatable bonds is 6. The Kier molecular flexibility index (Phi) is 5.52. The minimum Gasteiger partial charge on any atom is -0.506 e. The van der Waals surface area contributed by atoms with Crippen LogP contribution in [-0.2, 0) is 17.8 Å². The van der Waals surface area contributed by atoms with Gasteiger partial charge in [-0.05, 0) is 13.8 Å². The van der Waals surface area contributed by atoms with Crippen molar-refractivity contribution in [3.8, 4) is 23.0 Å². The van der Waals surface area contributed by atoms with E-state index in [-0.39, 0.29) is 45.5 Å². The molecule has 0 spiro atoms. The summed E-state index contributed by atoms with van der Waals surface area (Å²) in [6.45, 7) is 3.12. The van der Waals surface area contributed by atoms with Gasteiger partial charge in [-0.3, -0.25) is 9.97 Å². The predicted octanol–water partition coefficient (Wildman–Crippen LogP) is 1.77. The Morgan fingerprint density at radius 3 is 1.60 bits per heavy atom. The van der Waals surface area contributed by atoms with Crippen LogP contribution in [0.5, 0.6) is 23.0 Å². The van der Waals surface area contributed by atoms with Crippen molar-refractivity contribution in [2.75, 3.05) is 6.66 Å². The fourth-order valence-corrected chi connectivity index (χ4v) is 3.16. The monoisotopic (exact) mass is 370 g/mol. The average molecular weight is 370 g/mol. The first-order valence-electron chi connectivity index (χ1n) is 7.23. The molecular weight excluding hydrogens is 351 g/mol. The van der Waals surface area contributed by atoms with Gasteiger partial charge in [-0.2, -0.15) is 0 Å². The van der Waals surface area contributed by atoms with E-state index in [0.29, 0.717) is 0 Å². The lowest BCUT2D eigenvalue weighted by atomic mass is 10.2. The van der Waals surface area contributed by atoms with Crippen LogP contribution in [0, 0.1) is 13.8 Å². The van der Waals surface area contributed by atoms with E-state index in [2.05, 4.69) is 9.97 Å². The van der Waals surface area contributed by atoms with Gasteiger partial charge in [0, 0.05) is 0 Å². The molecule has 4 N–H and O–H groups in total. The summed E-state index contributed by atoms with van der Waals surface area (Å²) in [5.74, 6) is -0.756. The van der Waals surface area contributed by atoms with E-state index in [0.717, 1.165) is 6.66 Å². The van der Waals surface area contributed by atoms with Crippen LogP contribution in [0.4, 0.5) is 0 Å². The maximum atomic E-state index is 12.7. The number of hydrogen-bond acceptors (Lipinski definition) is 9. The molecule has 0 aromatic carbocycles. The molecule has 0 aliphatic rings. The molecule has 0 bridgehead atoms. The number of aliphatic hydroxyl groups excluding tert-OH is 2. The van der Waals surface area contributed by atoms with Crippen LogP contribution in [0.15, 0.2) is 12.4 Å². The topological polar surface area (TPSA) is 142 Å². The Balaban J connectivity index is 2.34. The van der Waals surface area contributed by atoms with Crippen molar-refractivity contribution in [3.63, 3.8) is 0 Å². The van der Waals surface area contributed by atoms with Crippen molar-refractivity contribution in [2.24, 2.45) is 0 Å². The van der Waals surface area contributed by atoms with E-state index in [1.165, 1.54) is 26.2 Å². The Labute approximate surface area is 144 Å². The summed E-state index contributed by atoms with van der Waals surface area (Å²) in [5.41, 5.74) is 0.591. The van der Waals surface area contributed by atoms with Crippen molar-refractivity contribution in [3.05, 3.63) is 34.9 Å². The smallest absolute Gasteiger partial charge is 0.427 e. The number of aliphatic hydroxyl groups is 2. The zero-order chi connectivity index (χ0) is 18.8. The van der Waals surface area contributed by atoms with E-state index in [4.69, 9.17) is 9.05 Å². The Morgan fingerprint density at radius 1 is 0.920 bits per heavy atom. The average Bonchev–Trinajstić information content (AvgIpc) is 2.55. The second-order valence-electron chi connectivity index (χ2n) is 5.34. The number of aryl methyl sites for hydroxylation is 2. The van der Waals surface area contributed by atoms with E-state index in [1.807, 2.05) is 0 Å². The Hall–Kier alpha value is -2.35. The molecule has 9 nitrogen and oxygen atoms in total. The van der Waals surface area contributed by atoms with Gasteiger partial charge in [0.05, 0.1) is 54.8 Å². The zero-order valence-corrected chi connectivity index (χ0v) is 14.8. The van der Waals surface area contributed by atoms with E-state index in [1.54, 1.807) is 0 Å². The van der Waals surface area contributed by atoms with Gasteiger partial charge in [0.2, 0.25) is 0 Å². The predicted molar refractivity (Wildman–Crippen MR) is 87.9 cm³/mol. The second-order valence-corrected chi connectivity index (χ2v) is 7.25. The third-order valence-corrected chi connectivity index (χ3v) is 4.50. The van der Waals surface area contributed by atoms with Gasteiger partial charge >= 0.3 is 7.60 Å². The van der Waals surface area contributed by atoms with Gasteiger partial charge < -0.3 is 29.5 Å². The lowest BCUT2D eigenvalue weighted by Gasteiger charge is -2.20. The summed E-state index contributed by atoms with van der Waals surface area (Å²) in [5, 5.41) is 38.6. The van der Waals surface area contributed by atoms with Gasteiger partial charge in [-0.25, -0.2) is 4.57 Å². The molecule has 0 fully saturated rings. The third-order valence-electron chi connectivity index (χ3n) is 3.45. The SMILES string of the molecule is Cc1ncc(OP(C)(=O)Oc2cnc(C)c(O)c2CO)c(CO)c1O. The van der Waals surface area contributed by atoms with Crippen LogP contribution in [0.1, 0.15) is 22.5 Å². The molecule has 0 atom stereocenters. The van der Waals surface area contributed by atoms with Crippen LogP contribution in [0.25, 0.3) is 0 Å². The molecule has 0 aliphatic heterocycles. The molecular formula is C15H19N2O7P. The highest BCUT2D eigenvalue weighted by Crippen LogP contribution is 2.48. The highest BCUT2D eigenvalue weighted by molar-refractivity contribution is 7.53. The summed E-state index contributed by atoms with van der Waals surface area (Å²) in [6.07, 6.45) is 2.41. The molecule has 0 amide bonds. The fourth-order valence-electron chi connectivity index (χ4n) is 2.10. The van der Waals surface area contributed by atoms with Crippen LogP contribution >= 0.6 is 7.60 Å². The first kappa shape index (κ1) is 19.0. The molecule has 2 rings (SSSR count). The summed E-state index contributed by atoms with van der Waals surface area (Å²) >= 11 is 0. The largest absolute Gasteiger partial charge is 0.506 e. The molecule has 2 heterocycles. The minimum atomic E-state index is -3.81. The van der Waals surface area contributed by atoms with Crippen molar-refractivity contribution in [1.82, 2.24) is 9.97 Å². The van der Waals surface area contributed by atoms with Crippen molar-refractivity contribution >= 4 is 7.60 Å². The van der Waals surface area contributed by atoms with Crippen LogP contribution in [-0.4, -0.2) is 37.1 Å². The van der Waals surface area contributed by atoms with Gasteiger partial charge in [-0.1, -0.05) is 0 Å². The Bertz CT molecular complexity index is 776. The molecule has 0 saturated heterocycles. The summed E-state index contributed by atoms with van der Waals surface area (Å²) in [7, 11) is -3.81. The van der Waals surface area contributed by atoms with Crippen molar-refractivity contribution < 1.29 is 34.0 Å². The minimum absolute atomic E-state index is 0.0189. The standard InChI is InChI=1S/C15H19N2O7P/c1-8-14(20)10(6-18)12(4-16-8)23-25(3,22)24-13-5-17-9(2)15(21)11(13)7-19/h4-5,18-21H,6-7H2,1-3H3. The number of aromatic nitrogens is 2. The molecule has 0 unspecified atom stereocenters. The fraction of sp³-hybridized carbons (Fsp3) is 0.333. The molecule has 10 heteroatoms. The summed E-state index contributed by atoms with van der Waals surface area (Å²) in [4.78, 5) is 7.77. The maximum absolute atomic E-state index is 12.7. The van der Waals surface area contributed by atoms with E-state index >= 15 is 0 Å². The quantitative estimate of drug-likeness (QED) is 0.559.